The van der Waals surface area contributed by atoms with E-state index in [1.54, 1.807) is 36.5 Å². The molecule has 2 aromatic carbocycles. The molecule has 0 fully saturated rings. The lowest BCUT2D eigenvalue weighted by molar-refractivity contribution is 0.0903. The molecule has 0 atom stereocenters. The Kier molecular flexibility index (Phi) is 4.01. The van der Waals surface area contributed by atoms with Crippen molar-refractivity contribution < 1.29 is 14.7 Å². The molecular weight excluding hydrogens is 292 g/mol. The van der Waals surface area contributed by atoms with Crippen LogP contribution in [0.1, 0.15) is 20.7 Å². The molecule has 0 bridgehead atoms. The molecule has 3 aromatic rings. The van der Waals surface area contributed by atoms with Crippen LogP contribution in [0.5, 0.6) is 5.75 Å². The maximum atomic E-state index is 12.4. The number of hydrogen-bond donors (Lipinski definition) is 2. The fourth-order valence-corrected chi connectivity index (χ4v) is 2.40. The lowest BCUT2D eigenvalue weighted by Gasteiger charge is -2.09. The second-order valence-electron chi connectivity index (χ2n) is 5.03. The van der Waals surface area contributed by atoms with Gasteiger partial charge in [-0.25, -0.2) is 0 Å². The lowest BCUT2D eigenvalue weighted by atomic mass is 10.00. The first-order chi connectivity index (χ1) is 11.2. The number of rotatable bonds is 4. The standard InChI is InChI=1S/C18H14N2O3/c21-15-8-7-12-4-1-2-6-14(12)17(15)16(22)11-20-18(23)13-5-3-9-19-10-13/h1-10,21H,11H2,(H,20,23). The molecule has 23 heavy (non-hydrogen) atoms. The number of phenols is 1. The minimum Gasteiger partial charge on any atom is -0.507 e. The van der Waals surface area contributed by atoms with Gasteiger partial charge in [-0.15, -0.1) is 0 Å². The molecule has 0 spiro atoms. The van der Waals surface area contributed by atoms with Crippen molar-refractivity contribution >= 4 is 22.5 Å². The summed E-state index contributed by atoms with van der Waals surface area (Å²) in [5.74, 6) is -0.827. The van der Waals surface area contributed by atoms with E-state index in [4.69, 9.17) is 0 Å². The molecule has 0 unspecified atom stereocenters. The number of nitrogens with one attached hydrogen (secondary N) is 1. The highest BCUT2D eigenvalue weighted by molar-refractivity contribution is 6.12. The number of hydrogen-bond acceptors (Lipinski definition) is 4. The summed E-state index contributed by atoms with van der Waals surface area (Å²) in [4.78, 5) is 28.2. The van der Waals surface area contributed by atoms with E-state index >= 15 is 0 Å². The summed E-state index contributed by atoms with van der Waals surface area (Å²) in [5.41, 5.74) is 0.594. The van der Waals surface area contributed by atoms with Crippen LogP contribution in [-0.4, -0.2) is 28.3 Å². The lowest BCUT2D eigenvalue weighted by Crippen LogP contribution is -2.29. The summed E-state index contributed by atoms with van der Waals surface area (Å²) in [6, 6.07) is 13.8. The van der Waals surface area contributed by atoms with Crippen LogP contribution in [0.15, 0.2) is 60.9 Å². The Morgan fingerprint density at radius 2 is 1.87 bits per heavy atom. The number of aromatic hydroxyl groups is 1. The van der Waals surface area contributed by atoms with Crippen molar-refractivity contribution in [3.63, 3.8) is 0 Å². The highest BCUT2D eigenvalue weighted by atomic mass is 16.3. The van der Waals surface area contributed by atoms with Gasteiger partial charge in [0.15, 0.2) is 5.78 Å². The number of pyridine rings is 1. The van der Waals surface area contributed by atoms with Crippen molar-refractivity contribution in [2.45, 2.75) is 0 Å². The fraction of sp³-hybridized carbons (Fsp3) is 0.0556. The van der Waals surface area contributed by atoms with Crippen molar-refractivity contribution in [3.05, 3.63) is 72.1 Å². The van der Waals surface area contributed by atoms with Gasteiger partial charge in [0, 0.05) is 12.4 Å². The number of carbonyl (C=O) groups is 2. The Labute approximate surface area is 132 Å². The van der Waals surface area contributed by atoms with Gasteiger partial charge in [0.2, 0.25) is 0 Å². The average molecular weight is 306 g/mol. The first-order valence-corrected chi connectivity index (χ1v) is 7.09. The average Bonchev–Trinajstić information content (AvgIpc) is 2.60. The third kappa shape index (κ3) is 3.03. The summed E-state index contributed by atoms with van der Waals surface area (Å²) in [6.07, 6.45) is 2.99. The van der Waals surface area contributed by atoms with E-state index in [1.165, 1.54) is 12.3 Å². The molecule has 0 aliphatic heterocycles. The minimum absolute atomic E-state index is 0.0932. The number of benzene rings is 2. The van der Waals surface area contributed by atoms with Gasteiger partial charge in [-0.05, 0) is 29.0 Å². The largest absolute Gasteiger partial charge is 0.507 e. The zero-order valence-electron chi connectivity index (χ0n) is 12.2. The van der Waals surface area contributed by atoms with Gasteiger partial charge >= 0.3 is 0 Å². The van der Waals surface area contributed by atoms with Crippen LogP contribution < -0.4 is 5.32 Å². The van der Waals surface area contributed by atoms with Crippen LogP contribution in [0, 0.1) is 0 Å². The second kappa shape index (κ2) is 6.27. The van der Waals surface area contributed by atoms with Crippen molar-refractivity contribution in [2.75, 3.05) is 6.54 Å². The monoisotopic (exact) mass is 306 g/mol. The topological polar surface area (TPSA) is 79.3 Å². The predicted molar refractivity (Wildman–Crippen MR) is 86.5 cm³/mol. The van der Waals surface area contributed by atoms with Gasteiger partial charge in [0.05, 0.1) is 17.7 Å². The van der Waals surface area contributed by atoms with Gasteiger partial charge in [0.1, 0.15) is 5.75 Å². The van der Waals surface area contributed by atoms with E-state index in [0.717, 1.165) is 5.39 Å². The first-order valence-electron chi connectivity index (χ1n) is 7.09. The van der Waals surface area contributed by atoms with Gasteiger partial charge in [-0.3, -0.25) is 14.6 Å². The van der Waals surface area contributed by atoms with E-state index in [-0.39, 0.29) is 29.5 Å². The smallest absolute Gasteiger partial charge is 0.253 e. The molecule has 1 heterocycles. The van der Waals surface area contributed by atoms with E-state index in [1.807, 2.05) is 12.1 Å². The number of nitrogens with zero attached hydrogens (tertiary/aromatic N) is 1. The molecular formula is C18H14N2O3. The Morgan fingerprint density at radius 3 is 2.65 bits per heavy atom. The zero-order chi connectivity index (χ0) is 16.2. The molecule has 0 saturated carbocycles. The summed E-state index contributed by atoms with van der Waals surface area (Å²) in [5, 5.41) is 14.1. The molecule has 5 nitrogen and oxygen atoms in total. The molecule has 3 rings (SSSR count). The molecule has 1 aromatic heterocycles. The van der Waals surface area contributed by atoms with Gasteiger partial charge in [0.25, 0.3) is 5.91 Å². The van der Waals surface area contributed by atoms with E-state index in [0.29, 0.717) is 10.9 Å². The molecule has 0 aliphatic rings. The SMILES string of the molecule is O=C(NCC(=O)c1c(O)ccc2ccccc12)c1cccnc1. The Balaban J connectivity index is 1.82. The summed E-state index contributed by atoms with van der Waals surface area (Å²) in [7, 11) is 0. The van der Waals surface area contributed by atoms with Crippen LogP contribution in [0.4, 0.5) is 0 Å². The van der Waals surface area contributed by atoms with Crippen LogP contribution in [0.3, 0.4) is 0 Å². The van der Waals surface area contributed by atoms with Crippen LogP contribution in [-0.2, 0) is 0 Å². The third-order valence-corrected chi connectivity index (χ3v) is 3.52. The van der Waals surface area contributed by atoms with Crippen molar-refractivity contribution in [1.29, 1.82) is 0 Å². The number of aromatic nitrogens is 1. The van der Waals surface area contributed by atoms with Gasteiger partial charge in [-0.1, -0.05) is 30.3 Å². The van der Waals surface area contributed by atoms with E-state index in [9.17, 15) is 14.7 Å². The normalized spacial score (nSPS) is 10.4. The van der Waals surface area contributed by atoms with Crippen molar-refractivity contribution in [2.24, 2.45) is 0 Å². The predicted octanol–water partition coefficient (Wildman–Crippen LogP) is 2.55. The second-order valence-corrected chi connectivity index (χ2v) is 5.03. The van der Waals surface area contributed by atoms with Crippen molar-refractivity contribution in [3.8, 4) is 5.75 Å². The number of Topliss-reactive ketones (excluding diaryl/α,β-unsaturated/α-hetero) is 1. The maximum absolute atomic E-state index is 12.4. The Hall–Kier alpha value is -3.21. The van der Waals surface area contributed by atoms with E-state index in [2.05, 4.69) is 10.3 Å². The summed E-state index contributed by atoms with van der Waals surface area (Å²) >= 11 is 0. The number of carbonyl (C=O) groups excluding carboxylic acids is 2. The minimum atomic E-state index is -0.383. The number of fused-ring (bicyclic) bond motifs is 1. The highest BCUT2D eigenvalue weighted by Crippen LogP contribution is 2.27. The molecule has 5 heteroatoms. The quantitative estimate of drug-likeness (QED) is 0.726. The molecule has 0 saturated heterocycles. The number of phenolic OH excluding ortho intramolecular Hbond substituents is 1. The molecule has 2 N–H and O–H groups in total. The Morgan fingerprint density at radius 1 is 1.04 bits per heavy atom. The highest BCUT2D eigenvalue weighted by Gasteiger charge is 2.16. The molecule has 0 radical (unpaired) electrons. The summed E-state index contributed by atoms with van der Waals surface area (Å²) < 4.78 is 0. The van der Waals surface area contributed by atoms with Gasteiger partial charge in [-0.2, -0.15) is 0 Å². The van der Waals surface area contributed by atoms with E-state index < -0.39 is 0 Å². The maximum Gasteiger partial charge on any atom is 0.253 e. The third-order valence-electron chi connectivity index (χ3n) is 3.52. The van der Waals surface area contributed by atoms with Crippen LogP contribution >= 0.6 is 0 Å². The number of amides is 1. The zero-order valence-corrected chi connectivity index (χ0v) is 12.2. The molecule has 0 aliphatic carbocycles. The molecule has 1 amide bonds. The Bertz CT molecular complexity index is 876. The van der Waals surface area contributed by atoms with Crippen LogP contribution in [0.2, 0.25) is 0 Å². The van der Waals surface area contributed by atoms with Crippen molar-refractivity contribution in [1.82, 2.24) is 10.3 Å². The fourth-order valence-electron chi connectivity index (χ4n) is 2.40. The first kappa shape index (κ1) is 14.7. The molecule has 114 valence electrons. The van der Waals surface area contributed by atoms with Crippen LogP contribution in [0.25, 0.3) is 10.8 Å². The number of ketones is 1. The summed E-state index contributed by atoms with van der Waals surface area (Å²) in [6.45, 7) is -0.199. The van der Waals surface area contributed by atoms with Gasteiger partial charge < -0.3 is 10.4 Å².